The third kappa shape index (κ3) is 3.09. The lowest BCUT2D eigenvalue weighted by atomic mass is 9.91. The Morgan fingerprint density at radius 3 is 3.00 bits per heavy atom. The average molecular weight is 261 g/mol. The number of nitrogens with zero attached hydrogens (tertiary/aromatic N) is 2. The van der Waals surface area contributed by atoms with Gasteiger partial charge in [-0.25, -0.2) is 4.68 Å². The van der Waals surface area contributed by atoms with Gasteiger partial charge in [-0.05, 0) is 11.4 Å². The number of aromatic nitrogens is 2. The van der Waals surface area contributed by atoms with Gasteiger partial charge in [0.25, 0.3) is 0 Å². The van der Waals surface area contributed by atoms with Crippen molar-refractivity contribution < 1.29 is 0 Å². The van der Waals surface area contributed by atoms with Crippen LogP contribution in [0.3, 0.4) is 0 Å². The summed E-state index contributed by atoms with van der Waals surface area (Å²) in [6.45, 7) is 9.99. The van der Waals surface area contributed by atoms with Gasteiger partial charge in [-0.3, -0.25) is 0 Å². The van der Waals surface area contributed by atoms with Gasteiger partial charge in [0.05, 0.1) is 6.20 Å². The second-order valence-corrected chi connectivity index (χ2v) is 5.92. The van der Waals surface area contributed by atoms with E-state index in [9.17, 15) is 0 Å². The zero-order valence-electron chi connectivity index (χ0n) is 10.9. The van der Waals surface area contributed by atoms with Gasteiger partial charge in [0.1, 0.15) is 0 Å². The first-order valence-corrected chi connectivity index (χ1v) is 6.90. The van der Waals surface area contributed by atoms with Crippen molar-refractivity contribution in [1.29, 1.82) is 0 Å². The highest BCUT2D eigenvalue weighted by Gasteiger charge is 2.20. The minimum absolute atomic E-state index is 0.169. The Morgan fingerprint density at radius 2 is 2.39 bits per heavy atom. The molecule has 96 valence electrons. The molecule has 0 saturated heterocycles. The molecule has 0 aliphatic carbocycles. The fourth-order valence-corrected chi connectivity index (χ4v) is 2.69. The molecule has 2 heterocycles. The molecule has 0 atom stereocenters. The number of hydrogen-bond acceptors (Lipinski definition) is 3. The van der Waals surface area contributed by atoms with Crippen LogP contribution in [0.1, 0.15) is 24.3 Å². The molecule has 0 bridgehead atoms. The summed E-state index contributed by atoms with van der Waals surface area (Å²) in [5.41, 5.74) is 1.35. The maximum atomic E-state index is 4.16. The quantitative estimate of drug-likeness (QED) is 0.866. The van der Waals surface area contributed by atoms with Crippen molar-refractivity contribution in [1.82, 2.24) is 15.1 Å². The molecule has 0 aromatic carbocycles. The summed E-state index contributed by atoms with van der Waals surface area (Å²) in [4.78, 5) is 1.41. The number of thiophene rings is 1. The largest absolute Gasteiger partial charge is 0.312 e. The van der Waals surface area contributed by atoms with E-state index in [1.54, 1.807) is 10.9 Å². The molecule has 0 saturated carbocycles. The zero-order chi connectivity index (χ0) is 13.0. The molecule has 3 nitrogen and oxygen atoms in total. The Morgan fingerprint density at radius 1 is 1.56 bits per heavy atom. The van der Waals surface area contributed by atoms with E-state index < -0.39 is 0 Å². The first-order chi connectivity index (χ1) is 8.62. The van der Waals surface area contributed by atoms with E-state index in [-0.39, 0.29) is 5.41 Å². The van der Waals surface area contributed by atoms with Gasteiger partial charge in [-0.2, -0.15) is 5.10 Å². The third-order valence-corrected chi connectivity index (χ3v) is 4.16. The van der Waals surface area contributed by atoms with Crippen molar-refractivity contribution in [2.45, 2.75) is 25.8 Å². The highest BCUT2D eigenvalue weighted by molar-refractivity contribution is 7.10. The first-order valence-electron chi connectivity index (χ1n) is 6.02. The van der Waals surface area contributed by atoms with Crippen molar-refractivity contribution in [2.24, 2.45) is 0 Å². The van der Waals surface area contributed by atoms with E-state index in [0.717, 1.165) is 13.1 Å². The van der Waals surface area contributed by atoms with Gasteiger partial charge in [-0.1, -0.05) is 26.5 Å². The summed E-state index contributed by atoms with van der Waals surface area (Å²) < 4.78 is 1.72. The van der Waals surface area contributed by atoms with Crippen molar-refractivity contribution in [3.05, 3.63) is 46.9 Å². The Labute approximate surface area is 112 Å². The fraction of sp³-hybridized carbons (Fsp3) is 0.357. The monoisotopic (exact) mass is 261 g/mol. The summed E-state index contributed by atoms with van der Waals surface area (Å²) in [5.74, 6) is 0. The lowest BCUT2D eigenvalue weighted by Gasteiger charge is -2.23. The van der Waals surface area contributed by atoms with E-state index in [1.165, 1.54) is 10.4 Å². The van der Waals surface area contributed by atoms with Crippen LogP contribution in [0.25, 0.3) is 6.20 Å². The molecule has 2 aromatic heterocycles. The molecule has 0 fully saturated rings. The Hall–Kier alpha value is -1.39. The molecular weight excluding hydrogens is 242 g/mol. The lowest BCUT2D eigenvalue weighted by Crippen LogP contribution is -2.31. The smallest absolute Gasteiger partial charge is 0.0538 e. The van der Waals surface area contributed by atoms with Crippen LogP contribution in [0, 0.1) is 0 Å². The predicted octanol–water partition coefficient (Wildman–Crippen LogP) is 3.11. The second kappa shape index (κ2) is 5.50. The van der Waals surface area contributed by atoms with Crippen molar-refractivity contribution in [3.63, 3.8) is 0 Å². The van der Waals surface area contributed by atoms with Gasteiger partial charge in [0.2, 0.25) is 0 Å². The van der Waals surface area contributed by atoms with Gasteiger partial charge in [0.15, 0.2) is 0 Å². The summed E-state index contributed by atoms with van der Waals surface area (Å²) in [5, 5.41) is 9.78. The molecule has 0 unspecified atom stereocenters. The van der Waals surface area contributed by atoms with Gasteiger partial charge in [0, 0.05) is 41.3 Å². The van der Waals surface area contributed by atoms with Crippen molar-refractivity contribution >= 4 is 17.5 Å². The van der Waals surface area contributed by atoms with E-state index in [0.29, 0.717) is 0 Å². The molecule has 4 heteroatoms. The highest BCUT2D eigenvalue weighted by atomic mass is 32.1. The highest BCUT2D eigenvalue weighted by Crippen LogP contribution is 2.26. The molecule has 2 rings (SSSR count). The fourth-order valence-electron chi connectivity index (χ4n) is 1.84. The SMILES string of the molecule is C=Cn1cc(CNCC(C)(C)c2cccs2)cn1. The van der Waals surface area contributed by atoms with Gasteiger partial charge < -0.3 is 5.32 Å². The summed E-state index contributed by atoms with van der Waals surface area (Å²) >= 11 is 1.81. The number of hydrogen-bond donors (Lipinski definition) is 1. The summed E-state index contributed by atoms with van der Waals surface area (Å²) in [7, 11) is 0. The molecule has 18 heavy (non-hydrogen) atoms. The molecule has 0 radical (unpaired) electrons. The maximum absolute atomic E-state index is 4.16. The molecule has 0 amide bonds. The Balaban J connectivity index is 1.86. The second-order valence-electron chi connectivity index (χ2n) is 4.98. The molecule has 0 aliphatic rings. The molecular formula is C14H19N3S. The standard InChI is InChI=1S/C14H19N3S/c1-4-17-10-12(9-16-17)8-15-11-14(2,3)13-6-5-7-18-13/h4-7,9-10,15H,1,8,11H2,2-3H3. The van der Waals surface area contributed by atoms with Crippen LogP contribution in [0.2, 0.25) is 0 Å². The number of rotatable bonds is 6. The van der Waals surface area contributed by atoms with Crippen molar-refractivity contribution in [2.75, 3.05) is 6.54 Å². The minimum atomic E-state index is 0.169. The zero-order valence-corrected chi connectivity index (χ0v) is 11.7. The normalized spacial score (nSPS) is 11.7. The van der Waals surface area contributed by atoms with Gasteiger partial charge in [-0.15, -0.1) is 11.3 Å². The third-order valence-electron chi connectivity index (χ3n) is 2.93. The van der Waals surface area contributed by atoms with E-state index >= 15 is 0 Å². The van der Waals surface area contributed by atoms with Crippen LogP contribution in [0.4, 0.5) is 0 Å². The van der Waals surface area contributed by atoms with E-state index in [2.05, 4.69) is 48.4 Å². The van der Waals surface area contributed by atoms with Crippen LogP contribution in [-0.4, -0.2) is 16.3 Å². The van der Waals surface area contributed by atoms with E-state index in [1.807, 2.05) is 23.7 Å². The Bertz CT molecular complexity index is 497. The minimum Gasteiger partial charge on any atom is -0.312 e. The summed E-state index contributed by atoms with van der Waals surface area (Å²) in [6, 6.07) is 4.30. The molecule has 0 aliphatic heterocycles. The molecule has 2 aromatic rings. The van der Waals surface area contributed by atoms with E-state index in [4.69, 9.17) is 0 Å². The lowest BCUT2D eigenvalue weighted by molar-refractivity contribution is 0.477. The maximum Gasteiger partial charge on any atom is 0.0538 e. The van der Waals surface area contributed by atoms with Gasteiger partial charge >= 0.3 is 0 Å². The van der Waals surface area contributed by atoms with Crippen LogP contribution in [0.15, 0.2) is 36.5 Å². The predicted molar refractivity (Wildman–Crippen MR) is 77.7 cm³/mol. The first kappa shape index (κ1) is 13.1. The van der Waals surface area contributed by atoms with Crippen LogP contribution in [-0.2, 0) is 12.0 Å². The summed E-state index contributed by atoms with van der Waals surface area (Å²) in [6.07, 6.45) is 5.55. The average Bonchev–Trinajstić information content (AvgIpc) is 3.00. The van der Waals surface area contributed by atoms with Crippen LogP contribution < -0.4 is 5.32 Å². The topological polar surface area (TPSA) is 29.9 Å². The van der Waals surface area contributed by atoms with Crippen LogP contribution in [0.5, 0.6) is 0 Å². The van der Waals surface area contributed by atoms with Crippen molar-refractivity contribution in [3.8, 4) is 0 Å². The Kier molecular flexibility index (Phi) is 3.99. The number of nitrogens with one attached hydrogen (secondary N) is 1. The molecule has 1 N–H and O–H groups in total. The van der Waals surface area contributed by atoms with Crippen LogP contribution >= 0.6 is 11.3 Å². The molecule has 0 spiro atoms.